The Bertz CT molecular complexity index is 1350. The number of hydrogen-bond donors (Lipinski definition) is 1. The van der Waals surface area contributed by atoms with Crippen LogP contribution in [-0.4, -0.2) is 60.4 Å². The Morgan fingerprint density at radius 2 is 1.37 bits per heavy atom. The molecule has 46 heavy (non-hydrogen) atoms. The summed E-state index contributed by atoms with van der Waals surface area (Å²) in [5, 5.41) is 3.15. The summed E-state index contributed by atoms with van der Waals surface area (Å²) in [6, 6.07) is 15.4. The van der Waals surface area contributed by atoms with E-state index in [0.717, 1.165) is 29.5 Å². The van der Waals surface area contributed by atoms with E-state index >= 15 is 0 Å². The van der Waals surface area contributed by atoms with Crippen molar-refractivity contribution in [1.82, 2.24) is 5.32 Å². The van der Waals surface area contributed by atoms with E-state index in [0.29, 0.717) is 31.8 Å². The van der Waals surface area contributed by atoms with Gasteiger partial charge in [-0.25, -0.2) is 0 Å². The molecule has 254 valence electrons. The fourth-order valence-electron chi connectivity index (χ4n) is 4.81. The van der Waals surface area contributed by atoms with Gasteiger partial charge in [0.2, 0.25) is 11.8 Å². The first-order chi connectivity index (χ1) is 21.3. The summed E-state index contributed by atoms with van der Waals surface area (Å²) in [6.45, 7) is 24.3. The maximum Gasteiger partial charge on any atom is 0.229 e. The standard InChI is InChI=1S/C26H35NO4Si.C10H21NO2Si/c1-26(2,3)32(4,5)31-24-16-25(28)27(17-24)20-11-13-21(14-12-20)30-23-8-6-7-22(15-23)29-18-19-9-10-19;1-10(2,3)14(4,5)13-8-6-9(12)11-7-8/h6-8,11-15,19,24H,9-10,16-18H2,1-5H3;8H,6-7H2,1-5H3,(H,11,12)/t24-;8-/m11/s1. The predicted octanol–water partition coefficient (Wildman–Crippen LogP) is 8.29. The molecule has 1 aliphatic carbocycles. The molecule has 2 aromatic rings. The first-order valence-corrected chi connectivity index (χ1v) is 22.6. The second-order valence-corrected chi connectivity index (χ2v) is 25.6. The summed E-state index contributed by atoms with van der Waals surface area (Å²) < 4.78 is 24.4. The summed E-state index contributed by atoms with van der Waals surface area (Å²) in [5.41, 5.74) is 0.880. The van der Waals surface area contributed by atoms with E-state index in [9.17, 15) is 9.59 Å². The number of hydrogen-bond acceptors (Lipinski definition) is 6. The molecule has 3 aliphatic rings. The zero-order chi connectivity index (χ0) is 33.9. The second-order valence-electron chi connectivity index (χ2n) is 16.0. The molecule has 1 N–H and O–H groups in total. The Morgan fingerprint density at radius 1 is 0.783 bits per heavy atom. The third kappa shape index (κ3) is 9.92. The van der Waals surface area contributed by atoms with Gasteiger partial charge in [0.05, 0.1) is 38.2 Å². The van der Waals surface area contributed by atoms with Crippen molar-refractivity contribution in [1.29, 1.82) is 0 Å². The monoisotopic (exact) mass is 668 g/mol. The van der Waals surface area contributed by atoms with Crippen molar-refractivity contribution in [2.75, 3.05) is 24.6 Å². The molecule has 2 amide bonds. The summed E-state index contributed by atoms with van der Waals surface area (Å²) in [4.78, 5) is 25.5. The van der Waals surface area contributed by atoms with Crippen LogP contribution < -0.4 is 19.7 Å². The molecular formula is C36H56N2O6Si2. The maximum atomic E-state index is 12.7. The van der Waals surface area contributed by atoms with E-state index in [2.05, 4.69) is 73.0 Å². The zero-order valence-electron chi connectivity index (χ0n) is 29.7. The van der Waals surface area contributed by atoms with E-state index in [-0.39, 0.29) is 34.1 Å². The lowest BCUT2D eigenvalue weighted by Crippen LogP contribution is -2.44. The Labute approximate surface area is 278 Å². The largest absolute Gasteiger partial charge is 0.493 e. The van der Waals surface area contributed by atoms with Crippen molar-refractivity contribution < 1.29 is 27.9 Å². The van der Waals surface area contributed by atoms with Crippen molar-refractivity contribution in [3.8, 4) is 17.2 Å². The van der Waals surface area contributed by atoms with Gasteiger partial charge in [-0.15, -0.1) is 0 Å². The van der Waals surface area contributed by atoms with E-state index in [4.69, 9.17) is 18.3 Å². The highest BCUT2D eigenvalue weighted by Crippen LogP contribution is 2.40. The predicted molar refractivity (Wildman–Crippen MR) is 190 cm³/mol. The van der Waals surface area contributed by atoms with Gasteiger partial charge in [-0.1, -0.05) is 47.6 Å². The third-order valence-electron chi connectivity index (χ3n) is 9.94. The van der Waals surface area contributed by atoms with Gasteiger partial charge in [0.1, 0.15) is 17.2 Å². The minimum absolute atomic E-state index is 0.0438. The number of rotatable bonds is 10. The molecule has 0 aromatic heterocycles. The molecule has 2 saturated heterocycles. The van der Waals surface area contributed by atoms with Gasteiger partial charge < -0.3 is 28.5 Å². The summed E-state index contributed by atoms with van der Waals surface area (Å²) in [7, 11) is -3.60. The minimum Gasteiger partial charge on any atom is -0.493 e. The molecule has 10 heteroatoms. The first kappa shape index (κ1) is 36.2. The van der Waals surface area contributed by atoms with Crippen LogP contribution in [0.2, 0.25) is 36.3 Å². The fraction of sp³-hybridized carbons (Fsp3) is 0.611. The minimum atomic E-state index is -1.91. The number of amides is 2. The SMILES string of the molecule is CC(C)(C)[Si](C)(C)O[C@@H]1CC(=O)N(c2ccc(Oc3cccc(OCC4CC4)c3)cc2)C1.CC(C)(C)[Si](C)(C)O[C@H]1CNC(=O)C1. The highest BCUT2D eigenvalue weighted by molar-refractivity contribution is 6.74. The van der Waals surface area contributed by atoms with Gasteiger partial charge in [-0.3, -0.25) is 9.59 Å². The quantitative estimate of drug-likeness (QED) is 0.257. The Hall–Kier alpha value is -2.67. The molecule has 0 radical (unpaired) electrons. The summed E-state index contributed by atoms with van der Waals surface area (Å²) in [5.74, 6) is 3.25. The number of carbonyl (C=O) groups excluding carboxylic acids is 2. The van der Waals surface area contributed by atoms with Crippen LogP contribution in [0.1, 0.15) is 67.2 Å². The van der Waals surface area contributed by atoms with Crippen LogP contribution in [0.15, 0.2) is 48.5 Å². The lowest BCUT2D eigenvalue weighted by molar-refractivity contribution is -0.119. The van der Waals surface area contributed by atoms with Crippen molar-refractivity contribution in [2.45, 2.75) is 116 Å². The number of anilines is 1. The van der Waals surface area contributed by atoms with Crippen molar-refractivity contribution in [2.24, 2.45) is 5.92 Å². The summed E-state index contributed by atoms with van der Waals surface area (Å²) >= 11 is 0. The second kappa shape index (κ2) is 14.2. The highest BCUT2D eigenvalue weighted by atomic mass is 28.4. The van der Waals surface area contributed by atoms with Crippen LogP contribution in [-0.2, 0) is 18.4 Å². The molecule has 2 atom stereocenters. The van der Waals surface area contributed by atoms with E-state index in [1.165, 1.54) is 12.8 Å². The average Bonchev–Trinajstić information content (AvgIpc) is 3.59. The highest BCUT2D eigenvalue weighted by Gasteiger charge is 2.43. The molecule has 0 spiro atoms. The average molecular weight is 669 g/mol. The molecule has 5 rings (SSSR count). The molecular weight excluding hydrogens is 613 g/mol. The van der Waals surface area contributed by atoms with E-state index in [1.807, 2.05) is 53.4 Å². The van der Waals surface area contributed by atoms with Crippen molar-refractivity contribution in [3.05, 3.63) is 48.5 Å². The van der Waals surface area contributed by atoms with Gasteiger partial charge in [-0.05, 0) is 91.4 Å². The molecule has 2 heterocycles. The van der Waals surface area contributed by atoms with Crippen LogP contribution in [0.3, 0.4) is 0 Å². The van der Waals surface area contributed by atoms with Crippen molar-refractivity contribution >= 4 is 34.1 Å². The maximum absolute atomic E-state index is 12.7. The van der Waals surface area contributed by atoms with Crippen LogP contribution in [0.25, 0.3) is 0 Å². The van der Waals surface area contributed by atoms with Gasteiger partial charge in [0.15, 0.2) is 16.6 Å². The number of benzene rings is 2. The van der Waals surface area contributed by atoms with E-state index in [1.54, 1.807) is 0 Å². The lowest BCUT2D eigenvalue weighted by Gasteiger charge is -2.38. The smallest absolute Gasteiger partial charge is 0.229 e. The fourth-order valence-corrected chi connectivity index (χ4v) is 7.51. The van der Waals surface area contributed by atoms with Crippen LogP contribution >= 0.6 is 0 Å². The van der Waals surface area contributed by atoms with Crippen LogP contribution in [0, 0.1) is 5.92 Å². The zero-order valence-corrected chi connectivity index (χ0v) is 31.7. The van der Waals surface area contributed by atoms with Crippen molar-refractivity contribution in [3.63, 3.8) is 0 Å². The number of ether oxygens (including phenoxy) is 2. The lowest BCUT2D eigenvalue weighted by atomic mass is 10.2. The molecule has 2 aromatic carbocycles. The molecule has 0 bridgehead atoms. The Balaban J connectivity index is 0.000000288. The molecule has 8 nitrogen and oxygen atoms in total. The van der Waals surface area contributed by atoms with Gasteiger partial charge in [0.25, 0.3) is 0 Å². The first-order valence-electron chi connectivity index (χ1n) is 16.8. The number of nitrogens with one attached hydrogen (secondary N) is 1. The van der Waals surface area contributed by atoms with Gasteiger partial charge >= 0.3 is 0 Å². The number of nitrogens with zero attached hydrogens (tertiary/aromatic N) is 1. The third-order valence-corrected chi connectivity index (χ3v) is 19.0. The van der Waals surface area contributed by atoms with Gasteiger partial charge in [-0.2, -0.15) is 0 Å². The molecule has 2 aliphatic heterocycles. The van der Waals surface area contributed by atoms with Crippen LogP contribution in [0.5, 0.6) is 17.2 Å². The molecule has 1 saturated carbocycles. The molecule has 3 fully saturated rings. The van der Waals surface area contributed by atoms with Gasteiger partial charge in [0, 0.05) is 18.3 Å². The topological polar surface area (TPSA) is 86.3 Å². The Kier molecular flexibility index (Phi) is 11.2. The van der Waals surface area contributed by atoms with E-state index < -0.39 is 16.6 Å². The van der Waals surface area contributed by atoms with Crippen LogP contribution in [0.4, 0.5) is 5.69 Å². The number of carbonyl (C=O) groups is 2. The summed E-state index contributed by atoms with van der Waals surface area (Å²) in [6.07, 6.45) is 3.57. The molecule has 0 unspecified atom stereocenters. The Morgan fingerprint density at radius 3 is 1.91 bits per heavy atom. The normalized spacial score (nSPS) is 20.7.